The van der Waals surface area contributed by atoms with Gasteiger partial charge in [-0.3, -0.25) is 4.98 Å². The molecular weight excluding hydrogens is 369 g/mol. The lowest BCUT2D eigenvalue weighted by Gasteiger charge is -2.12. The summed E-state index contributed by atoms with van der Waals surface area (Å²) in [6, 6.07) is 7.59. The Kier molecular flexibility index (Phi) is 4.43. The van der Waals surface area contributed by atoms with Crippen LogP contribution in [0.5, 0.6) is 11.6 Å². The van der Waals surface area contributed by atoms with Crippen molar-refractivity contribution in [3.8, 4) is 11.6 Å². The third kappa shape index (κ3) is 3.44. The Morgan fingerprint density at radius 3 is 2.74 bits per heavy atom. The molecule has 0 bridgehead atoms. The molecule has 140 valence electrons. The van der Waals surface area contributed by atoms with E-state index in [2.05, 4.69) is 9.97 Å². The number of fused-ring (bicyclic) bond motifs is 1. The molecule has 4 rings (SSSR count). The number of aromatic nitrogens is 2. The number of nitrogens with one attached hydrogen (secondary N) is 1. The summed E-state index contributed by atoms with van der Waals surface area (Å²) in [5.74, 6) is 0.432. The molecule has 1 aliphatic rings. The third-order valence-corrected chi connectivity index (χ3v) is 6.79. The molecule has 27 heavy (non-hydrogen) atoms. The van der Waals surface area contributed by atoms with Crippen LogP contribution in [-0.4, -0.2) is 26.5 Å². The van der Waals surface area contributed by atoms with Crippen LogP contribution in [0.15, 0.2) is 47.6 Å². The topological polar surface area (TPSA) is 85.2 Å². The van der Waals surface area contributed by atoms with Crippen LogP contribution < -0.4 is 9.47 Å². The summed E-state index contributed by atoms with van der Waals surface area (Å²) in [6.45, 7) is 0.0781. The highest BCUT2D eigenvalue weighted by molar-refractivity contribution is 7.93. The number of halogens is 1. The first kappa shape index (κ1) is 17.7. The zero-order valence-electron chi connectivity index (χ0n) is 14.6. The minimum Gasteiger partial charge on any atom is -0.488 e. The second-order valence-electron chi connectivity index (χ2n) is 6.41. The Morgan fingerprint density at radius 1 is 1.22 bits per heavy atom. The maximum Gasteiger partial charge on any atom is 0.240 e. The Hall–Kier alpha value is -2.74. The first-order chi connectivity index (χ1) is 13.0. The zero-order valence-corrected chi connectivity index (χ0v) is 15.5. The zero-order chi connectivity index (χ0) is 19.0. The Morgan fingerprint density at radius 2 is 2.00 bits per heavy atom. The summed E-state index contributed by atoms with van der Waals surface area (Å²) in [6.07, 6.45) is 4.69. The molecule has 1 saturated carbocycles. The number of hydrogen-bond donors (Lipinski definition) is 1. The van der Waals surface area contributed by atoms with Gasteiger partial charge < -0.3 is 9.47 Å². The molecule has 1 atom stereocenters. The van der Waals surface area contributed by atoms with Gasteiger partial charge in [-0.05, 0) is 48.7 Å². The van der Waals surface area contributed by atoms with Crippen molar-refractivity contribution in [1.82, 2.24) is 9.97 Å². The number of rotatable bonds is 6. The minimum atomic E-state index is -2.97. The van der Waals surface area contributed by atoms with E-state index >= 15 is 0 Å². The van der Waals surface area contributed by atoms with Crippen molar-refractivity contribution in [2.24, 2.45) is 0 Å². The van der Waals surface area contributed by atoms with Gasteiger partial charge in [0.05, 0.1) is 21.7 Å². The molecule has 2 heterocycles. The fourth-order valence-corrected chi connectivity index (χ4v) is 4.73. The van der Waals surface area contributed by atoms with Crippen LogP contribution in [0.2, 0.25) is 0 Å². The quantitative estimate of drug-likeness (QED) is 0.693. The Labute approximate surface area is 156 Å². The van der Waals surface area contributed by atoms with Crippen molar-refractivity contribution in [1.29, 1.82) is 4.78 Å². The molecule has 3 aromatic rings. The van der Waals surface area contributed by atoms with Gasteiger partial charge >= 0.3 is 0 Å². The van der Waals surface area contributed by atoms with E-state index in [1.54, 1.807) is 30.6 Å². The molecule has 0 unspecified atom stereocenters. The monoisotopic (exact) mass is 387 g/mol. The van der Waals surface area contributed by atoms with Gasteiger partial charge in [-0.1, -0.05) is 0 Å². The van der Waals surface area contributed by atoms with Crippen molar-refractivity contribution in [3.63, 3.8) is 0 Å². The largest absolute Gasteiger partial charge is 0.488 e. The summed E-state index contributed by atoms with van der Waals surface area (Å²) in [5.41, 5.74) is 1.09. The number of nitrogens with zero attached hydrogens (tertiary/aromatic N) is 2. The molecule has 0 aliphatic heterocycles. The minimum absolute atomic E-state index is 0.0781. The number of ether oxygens (including phenoxy) is 2. The lowest BCUT2D eigenvalue weighted by atomic mass is 10.2. The van der Waals surface area contributed by atoms with Gasteiger partial charge in [-0.15, -0.1) is 0 Å². The highest BCUT2D eigenvalue weighted by atomic mass is 32.2. The number of hydrogen-bond acceptors (Lipinski definition) is 6. The first-order valence-electron chi connectivity index (χ1n) is 8.46. The molecule has 8 heteroatoms. The average Bonchev–Trinajstić information content (AvgIpc) is 3.51. The van der Waals surface area contributed by atoms with Crippen LogP contribution in [0.1, 0.15) is 18.4 Å². The van der Waals surface area contributed by atoms with E-state index in [0.717, 1.165) is 18.2 Å². The molecule has 0 saturated heterocycles. The summed E-state index contributed by atoms with van der Waals surface area (Å²) < 4.78 is 45.8. The van der Waals surface area contributed by atoms with Crippen LogP contribution in [0.4, 0.5) is 4.39 Å². The van der Waals surface area contributed by atoms with Crippen molar-refractivity contribution in [2.75, 3.05) is 7.11 Å². The summed E-state index contributed by atoms with van der Waals surface area (Å²) in [7, 11) is -1.45. The highest BCUT2D eigenvalue weighted by Gasteiger charge is 2.34. The fraction of sp³-hybridized carbons (Fsp3) is 0.263. The molecule has 1 aliphatic carbocycles. The lowest BCUT2D eigenvalue weighted by molar-refractivity contribution is 0.308. The average molecular weight is 387 g/mol. The second kappa shape index (κ2) is 6.77. The van der Waals surface area contributed by atoms with E-state index in [-0.39, 0.29) is 16.8 Å². The van der Waals surface area contributed by atoms with E-state index < -0.39 is 15.5 Å². The molecule has 1 N–H and O–H groups in total. The SMILES string of the molecule is COc1nccc2c(OCc3cc(F)cc([S@](=N)(=O)C4CC4)c3)ccnc12. The van der Waals surface area contributed by atoms with Crippen molar-refractivity contribution < 1.29 is 18.1 Å². The highest BCUT2D eigenvalue weighted by Crippen LogP contribution is 2.35. The molecule has 0 radical (unpaired) electrons. The number of methoxy groups -OCH3 is 1. The normalized spacial score (nSPS) is 16.1. The lowest BCUT2D eigenvalue weighted by Crippen LogP contribution is -2.07. The fourth-order valence-electron chi connectivity index (χ4n) is 2.94. The summed E-state index contributed by atoms with van der Waals surface area (Å²) in [5, 5.41) is 0.556. The van der Waals surface area contributed by atoms with Gasteiger partial charge in [0.25, 0.3) is 0 Å². The predicted molar refractivity (Wildman–Crippen MR) is 99.0 cm³/mol. The molecule has 1 aromatic carbocycles. The third-order valence-electron chi connectivity index (χ3n) is 4.45. The Bertz CT molecular complexity index is 1110. The molecule has 0 spiro atoms. The van der Waals surface area contributed by atoms with E-state index in [1.807, 2.05) is 0 Å². The standard InChI is InChI=1S/C19H18FN3O3S/c1-25-19-18-16(4-6-23-19)17(5-7-22-18)26-11-12-8-13(20)10-15(9-12)27(21,24)14-2-3-14/h4-10,14,21H,2-3,11H2,1H3/t27-/m1/s1. The van der Waals surface area contributed by atoms with Crippen LogP contribution in [0.3, 0.4) is 0 Å². The van der Waals surface area contributed by atoms with Crippen LogP contribution in [-0.2, 0) is 16.3 Å². The summed E-state index contributed by atoms with van der Waals surface area (Å²) >= 11 is 0. The predicted octanol–water partition coefficient (Wildman–Crippen LogP) is 3.92. The van der Waals surface area contributed by atoms with Crippen molar-refractivity contribution >= 4 is 20.6 Å². The molecule has 2 aromatic heterocycles. The van der Waals surface area contributed by atoms with Gasteiger partial charge in [0.15, 0.2) is 0 Å². The smallest absolute Gasteiger partial charge is 0.240 e. The Balaban J connectivity index is 1.63. The van der Waals surface area contributed by atoms with Gasteiger partial charge in [-0.2, -0.15) is 0 Å². The maximum absolute atomic E-state index is 14.0. The van der Waals surface area contributed by atoms with E-state index in [0.29, 0.717) is 22.7 Å². The summed E-state index contributed by atoms with van der Waals surface area (Å²) in [4.78, 5) is 8.61. The van der Waals surface area contributed by atoms with Gasteiger partial charge in [0.2, 0.25) is 5.88 Å². The van der Waals surface area contributed by atoms with Gasteiger partial charge in [0.1, 0.15) is 23.7 Å². The first-order valence-corrected chi connectivity index (χ1v) is 10.1. The van der Waals surface area contributed by atoms with Gasteiger partial charge in [0, 0.05) is 23.0 Å². The number of benzene rings is 1. The number of pyridine rings is 2. The van der Waals surface area contributed by atoms with Crippen molar-refractivity contribution in [3.05, 3.63) is 54.1 Å². The molecule has 1 fully saturated rings. The molecule has 0 amide bonds. The van der Waals surface area contributed by atoms with Crippen LogP contribution in [0, 0.1) is 10.6 Å². The van der Waals surface area contributed by atoms with E-state index in [9.17, 15) is 8.60 Å². The maximum atomic E-state index is 14.0. The van der Waals surface area contributed by atoms with Crippen molar-refractivity contribution in [2.45, 2.75) is 29.6 Å². The van der Waals surface area contributed by atoms with E-state index in [4.69, 9.17) is 14.3 Å². The second-order valence-corrected chi connectivity index (χ2v) is 8.75. The molecular formula is C19H18FN3O3S. The van der Waals surface area contributed by atoms with Gasteiger partial charge in [-0.25, -0.2) is 18.4 Å². The van der Waals surface area contributed by atoms with Crippen LogP contribution in [0.25, 0.3) is 10.9 Å². The van der Waals surface area contributed by atoms with Crippen LogP contribution >= 0.6 is 0 Å². The molecule has 6 nitrogen and oxygen atoms in total. The van der Waals surface area contributed by atoms with E-state index in [1.165, 1.54) is 19.2 Å².